The number of carbonyl (C=O) groups is 1. The molecule has 2 heterocycles. The van der Waals surface area contributed by atoms with Crippen LogP contribution in [0.3, 0.4) is 0 Å². The van der Waals surface area contributed by atoms with E-state index in [0.717, 1.165) is 44.6 Å². The number of piperidine rings is 1. The van der Waals surface area contributed by atoms with E-state index >= 15 is 0 Å². The molecular formula is C20H31N3O2. The summed E-state index contributed by atoms with van der Waals surface area (Å²) in [6.07, 6.45) is 2.72. The van der Waals surface area contributed by atoms with Gasteiger partial charge in [0.15, 0.2) is 0 Å². The molecule has 2 saturated heterocycles. The average molecular weight is 345 g/mol. The number of hydrogen-bond donors (Lipinski definition) is 2. The van der Waals surface area contributed by atoms with Gasteiger partial charge < -0.3 is 15.4 Å². The van der Waals surface area contributed by atoms with Gasteiger partial charge in [0.1, 0.15) is 0 Å². The Kier molecular flexibility index (Phi) is 6.10. The molecule has 1 aromatic rings. The maximum absolute atomic E-state index is 12.5. The Hall–Kier alpha value is -1.43. The number of benzene rings is 1. The lowest BCUT2D eigenvalue weighted by molar-refractivity contribution is -0.0704. The lowest BCUT2D eigenvalue weighted by Gasteiger charge is -2.35. The summed E-state index contributed by atoms with van der Waals surface area (Å²) >= 11 is 0. The van der Waals surface area contributed by atoms with Crippen molar-refractivity contribution in [1.82, 2.24) is 15.5 Å². The second-order valence-electron chi connectivity index (χ2n) is 7.61. The van der Waals surface area contributed by atoms with E-state index in [1.807, 2.05) is 12.1 Å². The normalized spacial score (nSPS) is 30.8. The summed E-state index contributed by atoms with van der Waals surface area (Å²) in [5.74, 6) is 0.0284. The minimum absolute atomic E-state index is 0.0284. The largest absolute Gasteiger partial charge is 0.373 e. The predicted octanol–water partition coefficient (Wildman–Crippen LogP) is 2.17. The van der Waals surface area contributed by atoms with Crippen molar-refractivity contribution in [2.24, 2.45) is 0 Å². The van der Waals surface area contributed by atoms with E-state index in [1.54, 1.807) is 0 Å². The summed E-state index contributed by atoms with van der Waals surface area (Å²) in [4.78, 5) is 14.9. The Morgan fingerprint density at radius 3 is 2.52 bits per heavy atom. The summed E-state index contributed by atoms with van der Waals surface area (Å²) in [5.41, 5.74) is 1.98. The number of morpholine rings is 1. The minimum atomic E-state index is 0.0284. The first kappa shape index (κ1) is 18.4. The Morgan fingerprint density at radius 2 is 1.88 bits per heavy atom. The Bertz CT molecular complexity index is 565. The van der Waals surface area contributed by atoms with E-state index in [9.17, 15) is 4.79 Å². The predicted molar refractivity (Wildman–Crippen MR) is 99.7 cm³/mol. The third-order valence-corrected chi connectivity index (χ3v) is 5.20. The number of nitrogens with one attached hydrogen (secondary N) is 2. The van der Waals surface area contributed by atoms with Gasteiger partial charge in [-0.3, -0.25) is 9.69 Å². The smallest absolute Gasteiger partial charge is 0.251 e. The van der Waals surface area contributed by atoms with E-state index < -0.39 is 0 Å². The highest BCUT2D eigenvalue weighted by Gasteiger charge is 2.24. The molecule has 5 heteroatoms. The number of ether oxygens (including phenoxy) is 1. The number of rotatable bonds is 4. The van der Waals surface area contributed by atoms with Gasteiger partial charge in [-0.15, -0.1) is 0 Å². The molecule has 4 atom stereocenters. The summed E-state index contributed by atoms with van der Waals surface area (Å²) in [6.45, 7) is 10.2. The molecule has 5 nitrogen and oxygen atoms in total. The van der Waals surface area contributed by atoms with Crippen molar-refractivity contribution < 1.29 is 9.53 Å². The van der Waals surface area contributed by atoms with Crippen molar-refractivity contribution in [3.8, 4) is 0 Å². The quantitative estimate of drug-likeness (QED) is 0.878. The molecule has 0 radical (unpaired) electrons. The monoisotopic (exact) mass is 345 g/mol. The third-order valence-electron chi connectivity index (χ3n) is 5.20. The summed E-state index contributed by atoms with van der Waals surface area (Å²) in [6, 6.07) is 8.59. The average Bonchev–Trinajstić information content (AvgIpc) is 2.56. The van der Waals surface area contributed by atoms with Crippen molar-refractivity contribution in [2.45, 2.75) is 64.4 Å². The van der Waals surface area contributed by atoms with Gasteiger partial charge in [-0.05, 0) is 57.9 Å². The first-order valence-corrected chi connectivity index (χ1v) is 9.52. The lowest BCUT2D eigenvalue weighted by Crippen LogP contribution is -2.51. The van der Waals surface area contributed by atoms with Crippen molar-refractivity contribution in [2.75, 3.05) is 19.6 Å². The van der Waals surface area contributed by atoms with E-state index in [0.29, 0.717) is 6.04 Å². The van der Waals surface area contributed by atoms with E-state index in [2.05, 4.69) is 48.4 Å². The van der Waals surface area contributed by atoms with Crippen LogP contribution in [0, 0.1) is 0 Å². The van der Waals surface area contributed by atoms with Crippen LogP contribution >= 0.6 is 0 Å². The van der Waals surface area contributed by atoms with E-state index in [1.165, 1.54) is 5.56 Å². The fourth-order valence-corrected chi connectivity index (χ4v) is 3.93. The maximum atomic E-state index is 12.5. The molecule has 0 bridgehead atoms. The third kappa shape index (κ3) is 5.03. The van der Waals surface area contributed by atoms with Gasteiger partial charge in [0.25, 0.3) is 5.91 Å². The zero-order chi connectivity index (χ0) is 17.8. The van der Waals surface area contributed by atoms with Crippen LogP contribution in [-0.4, -0.2) is 54.7 Å². The molecule has 3 rings (SSSR count). The molecular weight excluding hydrogens is 314 g/mol. The molecule has 2 fully saturated rings. The van der Waals surface area contributed by atoms with E-state index in [4.69, 9.17) is 4.74 Å². The van der Waals surface area contributed by atoms with Gasteiger partial charge in [-0.25, -0.2) is 0 Å². The zero-order valence-corrected chi connectivity index (χ0v) is 15.6. The van der Waals surface area contributed by atoms with Crippen LogP contribution in [0.25, 0.3) is 0 Å². The van der Waals surface area contributed by atoms with Crippen LogP contribution in [0.2, 0.25) is 0 Å². The number of nitrogens with zero attached hydrogens (tertiary/aromatic N) is 1. The van der Waals surface area contributed by atoms with Crippen molar-refractivity contribution >= 4 is 5.91 Å². The summed E-state index contributed by atoms with van der Waals surface area (Å²) < 4.78 is 5.79. The maximum Gasteiger partial charge on any atom is 0.251 e. The molecule has 2 aliphatic heterocycles. The standard InChI is InChI=1S/C20H31N3O2/c1-14-11-23(12-15(2)25-14)13-17-6-8-18(9-7-17)20(24)22-19-5-4-10-21-16(19)3/h6-9,14-16,19,21H,4-5,10-13H2,1-3H3,(H,22,24). The Balaban J connectivity index is 1.55. The van der Waals surface area contributed by atoms with Gasteiger partial charge >= 0.3 is 0 Å². The molecule has 0 spiro atoms. The Morgan fingerprint density at radius 1 is 1.20 bits per heavy atom. The highest BCUT2D eigenvalue weighted by molar-refractivity contribution is 5.94. The van der Waals surface area contributed by atoms with Gasteiger partial charge in [-0.2, -0.15) is 0 Å². The molecule has 0 saturated carbocycles. The topological polar surface area (TPSA) is 53.6 Å². The molecule has 2 N–H and O–H groups in total. The summed E-state index contributed by atoms with van der Waals surface area (Å²) in [5, 5.41) is 6.59. The van der Waals surface area contributed by atoms with Crippen molar-refractivity contribution in [1.29, 1.82) is 0 Å². The van der Waals surface area contributed by atoms with Gasteiger partial charge in [0.05, 0.1) is 12.2 Å². The molecule has 4 unspecified atom stereocenters. The van der Waals surface area contributed by atoms with Crippen molar-refractivity contribution in [3.63, 3.8) is 0 Å². The van der Waals surface area contributed by atoms with Gasteiger partial charge in [0, 0.05) is 37.3 Å². The molecule has 1 amide bonds. The highest BCUT2D eigenvalue weighted by Crippen LogP contribution is 2.15. The minimum Gasteiger partial charge on any atom is -0.373 e. The molecule has 2 aliphatic rings. The van der Waals surface area contributed by atoms with Crippen LogP contribution in [0.15, 0.2) is 24.3 Å². The summed E-state index contributed by atoms with van der Waals surface area (Å²) in [7, 11) is 0. The first-order chi connectivity index (χ1) is 12.0. The SMILES string of the molecule is CC1CN(Cc2ccc(C(=O)NC3CCCNC3C)cc2)CC(C)O1. The molecule has 1 aromatic carbocycles. The number of amides is 1. The fraction of sp³-hybridized carbons (Fsp3) is 0.650. The van der Waals surface area contributed by atoms with Crippen LogP contribution in [-0.2, 0) is 11.3 Å². The van der Waals surface area contributed by atoms with Crippen LogP contribution in [0.1, 0.15) is 49.5 Å². The lowest BCUT2D eigenvalue weighted by atomic mass is 9.99. The second kappa shape index (κ2) is 8.30. The first-order valence-electron chi connectivity index (χ1n) is 9.52. The fourth-order valence-electron chi connectivity index (χ4n) is 3.93. The van der Waals surface area contributed by atoms with Crippen LogP contribution in [0.4, 0.5) is 0 Å². The zero-order valence-electron chi connectivity index (χ0n) is 15.6. The van der Waals surface area contributed by atoms with Gasteiger partial charge in [-0.1, -0.05) is 12.1 Å². The number of hydrogen-bond acceptors (Lipinski definition) is 4. The molecule has 138 valence electrons. The van der Waals surface area contributed by atoms with Gasteiger partial charge in [0.2, 0.25) is 0 Å². The van der Waals surface area contributed by atoms with Crippen LogP contribution in [0.5, 0.6) is 0 Å². The molecule has 0 aromatic heterocycles. The van der Waals surface area contributed by atoms with Crippen LogP contribution < -0.4 is 10.6 Å². The molecule has 25 heavy (non-hydrogen) atoms. The molecule has 0 aliphatic carbocycles. The van der Waals surface area contributed by atoms with E-state index in [-0.39, 0.29) is 24.2 Å². The number of carbonyl (C=O) groups excluding carboxylic acids is 1. The highest BCUT2D eigenvalue weighted by atomic mass is 16.5. The Labute approximate surface area is 151 Å². The van der Waals surface area contributed by atoms with Crippen molar-refractivity contribution in [3.05, 3.63) is 35.4 Å². The second-order valence-corrected chi connectivity index (χ2v) is 7.61.